The number of benzene rings is 2. The van der Waals surface area contributed by atoms with Crippen molar-refractivity contribution in [1.82, 2.24) is 10.2 Å². The van der Waals surface area contributed by atoms with Gasteiger partial charge in [-0.2, -0.15) is 0 Å². The summed E-state index contributed by atoms with van der Waals surface area (Å²) >= 11 is 0. The maximum atomic E-state index is 12.2. The number of aromatic nitrogens is 2. The molecule has 3 aromatic rings. The van der Waals surface area contributed by atoms with E-state index in [-0.39, 0.29) is 12.0 Å². The lowest BCUT2D eigenvalue weighted by Crippen LogP contribution is -2.12. The first-order valence-electron chi connectivity index (χ1n) is 8.00. The molecule has 1 heterocycles. The molecule has 0 saturated heterocycles. The summed E-state index contributed by atoms with van der Waals surface area (Å²) in [5, 5.41) is 10.5. The maximum Gasteiger partial charge on any atom is 0.313 e. The van der Waals surface area contributed by atoms with Crippen molar-refractivity contribution in [3.05, 3.63) is 60.0 Å². The van der Waals surface area contributed by atoms with Crippen molar-refractivity contribution >= 4 is 11.6 Å². The average Bonchev–Trinajstić information content (AvgIpc) is 3.07. The summed E-state index contributed by atoms with van der Waals surface area (Å²) in [7, 11) is 0. The van der Waals surface area contributed by atoms with E-state index in [0.717, 1.165) is 16.9 Å². The largest absolute Gasteiger partial charge is 0.491 e. The monoisotopic (exact) mass is 337 g/mol. The molecule has 0 aliphatic rings. The van der Waals surface area contributed by atoms with Crippen LogP contribution < -0.4 is 10.1 Å². The minimum Gasteiger partial charge on any atom is -0.491 e. The van der Waals surface area contributed by atoms with Crippen molar-refractivity contribution in [2.24, 2.45) is 0 Å². The Bertz CT molecular complexity index is 852. The van der Waals surface area contributed by atoms with E-state index < -0.39 is 5.91 Å². The molecule has 128 valence electrons. The Kier molecular flexibility index (Phi) is 4.79. The smallest absolute Gasteiger partial charge is 0.313 e. The zero-order valence-electron chi connectivity index (χ0n) is 14.3. The summed E-state index contributed by atoms with van der Waals surface area (Å²) in [6, 6.07) is 14.7. The van der Waals surface area contributed by atoms with E-state index in [1.807, 2.05) is 45.0 Å². The predicted octanol–water partition coefficient (Wildman–Crippen LogP) is 4.08. The quantitative estimate of drug-likeness (QED) is 0.759. The molecule has 6 nitrogen and oxygen atoms in total. The Morgan fingerprint density at radius 2 is 1.72 bits per heavy atom. The number of hydrogen-bond donors (Lipinski definition) is 1. The van der Waals surface area contributed by atoms with E-state index in [0.29, 0.717) is 11.6 Å². The highest BCUT2D eigenvalue weighted by molar-refractivity contribution is 6.00. The van der Waals surface area contributed by atoms with Crippen LogP contribution in [0.4, 0.5) is 5.69 Å². The summed E-state index contributed by atoms with van der Waals surface area (Å²) in [4.78, 5) is 12.2. The molecule has 3 rings (SSSR count). The molecule has 1 aromatic heterocycles. The van der Waals surface area contributed by atoms with Gasteiger partial charge < -0.3 is 14.5 Å². The first kappa shape index (κ1) is 16.7. The molecule has 25 heavy (non-hydrogen) atoms. The number of amides is 1. The summed E-state index contributed by atoms with van der Waals surface area (Å²) in [5.41, 5.74) is 2.52. The van der Waals surface area contributed by atoms with Crippen LogP contribution in [0.25, 0.3) is 11.5 Å². The Labute approximate surface area is 145 Å². The predicted molar refractivity (Wildman–Crippen MR) is 94.6 cm³/mol. The van der Waals surface area contributed by atoms with Gasteiger partial charge in [-0.25, -0.2) is 0 Å². The molecule has 0 radical (unpaired) electrons. The third-order valence-electron chi connectivity index (χ3n) is 3.40. The summed E-state index contributed by atoms with van der Waals surface area (Å²) in [5.74, 6) is 0.514. The molecule has 2 aromatic carbocycles. The van der Waals surface area contributed by atoms with Crippen LogP contribution in [0.2, 0.25) is 0 Å². The van der Waals surface area contributed by atoms with E-state index in [1.165, 1.54) is 0 Å². The fourth-order valence-corrected chi connectivity index (χ4v) is 2.20. The highest BCUT2D eigenvalue weighted by Gasteiger charge is 2.16. The van der Waals surface area contributed by atoms with E-state index in [1.54, 1.807) is 24.3 Å². The highest BCUT2D eigenvalue weighted by atomic mass is 16.5. The number of nitrogens with zero attached hydrogens (tertiary/aromatic N) is 2. The second kappa shape index (κ2) is 7.17. The van der Waals surface area contributed by atoms with E-state index in [2.05, 4.69) is 15.5 Å². The molecule has 1 amide bonds. The Morgan fingerprint density at radius 3 is 2.36 bits per heavy atom. The van der Waals surface area contributed by atoms with Gasteiger partial charge in [0.25, 0.3) is 0 Å². The molecule has 6 heteroatoms. The van der Waals surface area contributed by atoms with Crippen molar-refractivity contribution in [3.63, 3.8) is 0 Å². The lowest BCUT2D eigenvalue weighted by molar-refractivity contribution is 0.0991. The summed E-state index contributed by atoms with van der Waals surface area (Å²) in [6.07, 6.45) is 0.0963. The van der Waals surface area contributed by atoms with Crippen molar-refractivity contribution in [2.45, 2.75) is 26.9 Å². The zero-order valence-corrected chi connectivity index (χ0v) is 14.3. The molecule has 0 aliphatic carbocycles. The number of nitrogens with one attached hydrogen (secondary N) is 1. The Morgan fingerprint density at radius 1 is 1.04 bits per heavy atom. The highest BCUT2D eigenvalue weighted by Crippen LogP contribution is 2.20. The zero-order chi connectivity index (χ0) is 17.8. The van der Waals surface area contributed by atoms with Gasteiger partial charge in [0.2, 0.25) is 5.89 Å². The second-order valence-corrected chi connectivity index (χ2v) is 5.92. The Hall–Kier alpha value is -3.15. The third-order valence-corrected chi connectivity index (χ3v) is 3.40. The number of anilines is 1. The number of aryl methyl sites for hydroxylation is 1. The van der Waals surface area contributed by atoms with Crippen molar-refractivity contribution in [1.29, 1.82) is 0 Å². The topological polar surface area (TPSA) is 77.2 Å². The Balaban J connectivity index is 1.68. The molecule has 0 fully saturated rings. The summed E-state index contributed by atoms with van der Waals surface area (Å²) < 4.78 is 11.0. The molecule has 0 bridgehead atoms. The molecule has 0 atom stereocenters. The fourth-order valence-electron chi connectivity index (χ4n) is 2.20. The molecule has 0 aliphatic heterocycles. The van der Waals surface area contributed by atoms with Crippen LogP contribution in [-0.4, -0.2) is 22.2 Å². The van der Waals surface area contributed by atoms with Gasteiger partial charge in [-0.1, -0.05) is 17.7 Å². The standard InChI is InChI=1S/C19H19N3O3/c1-12(2)24-16-10-8-15(9-11-16)20-17(23)19-22-21-18(25-19)14-6-4-13(3)5-7-14/h4-12H,1-3H3,(H,20,23). The van der Waals surface area contributed by atoms with Crippen LogP contribution in [0.15, 0.2) is 52.9 Å². The van der Waals surface area contributed by atoms with Gasteiger partial charge in [-0.3, -0.25) is 4.79 Å². The van der Waals surface area contributed by atoms with Gasteiger partial charge in [-0.05, 0) is 57.2 Å². The molecule has 0 spiro atoms. The number of ether oxygens (including phenoxy) is 1. The van der Waals surface area contributed by atoms with Crippen molar-refractivity contribution in [2.75, 3.05) is 5.32 Å². The first-order chi connectivity index (χ1) is 12.0. The van der Waals surface area contributed by atoms with Crippen LogP contribution in [0.1, 0.15) is 30.1 Å². The van der Waals surface area contributed by atoms with Crippen LogP contribution in [0, 0.1) is 6.92 Å². The van der Waals surface area contributed by atoms with Gasteiger partial charge in [-0.15, -0.1) is 10.2 Å². The number of hydrogen-bond acceptors (Lipinski definition) is 5. The molecule has 1 N–H and O–H groups in total. The molecular formula is C19H19N3O3. The maximum absolute atomic E-state index is 12.2. The van der Waals surface area contributed by atoms with Crippen LogP contribution in [0.3, 0.4) is 0 Å². The third kappa shape index (κ3) is 4.23. The molecule has 0 saturated carbocycles. The number of rotatable bonds is 5. The molecule has 0 unspecified atom stereocenters. The van der Waals surface area contributed by atoms with Gasteiger partial charge in [0.05, 0.1) is 6.10 Å². The van der Waals surface area contributed by atoms with Gasteiger partial charge in [0, 0.05) is 11.3 Å². The van der Waals surface area contributed by atoms with Crippen LogP contribution in [0.5, 0.6) is 5.75 Å². The number of carbonyl (C=O) groups excluding carboxylic acids is 1. The summed E-state index contributed by atoms with van der Waals surface area (Å²) in [6.45, 7) is 5.90. The van der Waals surface area contributed by atoms with E-state index >= 15 is 0 Å². The SMILES string of the molecule is Cc1ccc(-c2nnc(C(=O)Nc3ccc(OC(C)C)cc3)o2)cc1. The minimum absolute atomic E-state index is 0.0851. The average molecular weight is 337 g/mol. The van der Waals surface area contributed by atoms with Gasteiger partial charge >= 0.3 is 11.8 Å². The van der Waals surface area contributed by atoms with Crippen LogP contribution >= 0.6 is 0 Å². The normalized spacial score (nSPS) is 10.7. The van der Waals surface area contributed by atoms with Crippen molar-refractivity contribution in [3.8, 4) is 17.2 Å². The van der Waals surface area contributed by atoms with E-state index in [9.17, 15) is 4.79 Å². The lowest BCUT2D eigenvalue weighted by atomic mass is 10.1. The lowest BCUT2D eigenvalue weighted by Gasteiger charge is -2.10. The minimum atomic E-state index is -0.455. The van der Waals surface area contributed by atoms with Gasteiger partial charge in [0.1, 0.15) is 5.75 Å². The van der Waals surface area contributed by atoms with Gasteiger partial charge in [0.15, 0.2) is 0 Å². The first-order valence-corrected chi connectivity index (χ1v) is 8.00. The van der Waals surface area contributed by atoms with Crippen LogP contribution in [-0.2, 0) is 0 Å². The molecular weight excluding hydrogens is 318 g/mol. The number of carbonyl (C=O) groups is 1. The van der Waals surface area contributed by atoms with Crippen molar-refractivity contribution < 1.29 is 13.9 Å². The second-order valence-electron chi connectivity index (χ2n) is 5.92. The fraction of sp³-hybridized carbons (Fsp3) is 0.211. The van der Waals surface area contributed by atoms with E-state index in [4.69, 9.17) is 9.15 Å².